The number of amides is 2. The largest absolute Gasteiger partial charge is 0.444 e. The Kier molecular flexibility index (Phi) is 9.07. The number of benzene rings is 3. The topological polar surface area (TPSA) is 79.8 Å². The zero-order chi connectivity index (χ0) is 28.0. The summed E-state index contributed by atoms with van der Waals surface area (Å²) in [4.78, 5) is 30.2. The molecule has 0 saturated carbocycles. The van der Waals surface area contributed by atoms with Crippen molar-refractivity contribution in [3.05, 3.63) is 105 Å². The minimum atomic E-state index is -0.715. The summed E-state index contributed by atoms with van der Waals surface area (Å²) < 4.78 is 5.35. The summed E-state index contributed by atoms with van der Waals surface area (Å²) in [7, 11) is 0. The number of carbonyl (C=O) groups excluding carboxylic acids is 2. The number of carbonyl (C=O) groups is 2. The number of hydrogen-bond acceptors (Lipinski definition) is 5. The van der Waals surface area contributed by atoms with Gasteiger partial charge in [0.2, 0.25) is 5.96 Å². The van der Waals surface area contributed by atoms with E-state index in [1.807, 2.05) is 66.7 Å². The number of guanidine groups is 1. The van der Waals surface area contributed by atoms with E-state index in [2.05, 4.69) is 15.6 Å². The number of nitrogens with zero attached hydrogens (tertiary/aromatic N) is 1. The van der Waals surface area contributed by atoms with E-state index in [0.717, 1.165) is 27.8 Å². The highest BCUT2D eigenvalue weighted by Gasteiger charge is 2.19. The van der Waals surface area contributed by atoms with Crippen molar-refractivity contribution in [2.75, 3.05) is 0 Å². The van der Waals surface area contributed by atoms with Crippen molar-refractivity contribution in [1.82, 2.24) is 10.6 Å². The van der Waals surface area contributed by atoms with Crippen LogP contribution in [0.1, 0.15) is 36.0 Å². The summed E-state index contributed by atoms with van der Waals surface area (Å²) in [6.45, 7) is 5.47. The zero-order valence-corrected chi connectivity index (χ0v) is 24.0. The van der Waals surface area contributed by atoms with Crippen LogP contribution in [0.15, 0.2) is 89.2 Å². The molecule has 0 aliphatic carbocycles. The molecule has 4 rings (SSSR count). The lowest BCUT2D eigenvalue weighted by Gasteiger charge is -2.20. The fourth-order valence-corrected chi connectivity index (χ4v) is 4.57. The second-order valence-corrected chi connectivity index (χ2v) is 11.4. The molecule has 0 unspecified atom stereocenters. The minimum Gasteiger partial charge on any atom is -0.444 e. The quantitative estimate of drug-likeness (QED) is 0.185. The van der Waals surface area contributed by atoms with E-state index in [-0.39, 0.29) is 18.4 Å². The van der Waals surface area contributed by atoms with Crippen molar-refractivity contribution < 1.29 is 14.3 Å². The molecular weight excluding hydrogens is 553 g/mol. The second kappa shape index (κ2) is 12.5. The molecular formula is C30H27Cl2N3O3S. The number of hydrogen-bond donors (Lipinski definition) is 2. The molecule has 0 fully saturated rings. The lowest BCUT2D eigenvalue weighted by atomic mass is 9.93. The molecule has 0 aliphatic heterocycles. The number of nitrogens with one attached hydrogen (secondary N) is 2. The van der Waals surface area contributed by atoms with Crippen molar-refractivity contribution >= 4 is 52.5 Å². The van der Waals surface area contributed by atoms with Crippen molar-refractivity contribution in [2.45, 2.75) is 32.9 Å². The van der Waals surface area contributed by atoms with Crippen molar-refractivity contribution in [3.8, 4) is 22.3 Å². The van der Waals surface area contributed by atoms with Gasteiger partial charge in [0.15, 0.2) is 0 Å². The number of rotatable bonds is 5. The molecule has 200 valence electrons. The van der Waals surface area contributed by atoms with E-state index < -0.39 is 11.7 Å². The highest BCUT2D eigenvalue weighted by Crippen LogP contribution is 2.34. The molecule has 2 N–H and O–H groups in total. The van der Waals surface area contributed by atoms with E-state index >= 15 is 0 Å². The van der Waals surface area contributed by atoms with Crippen LogP contribution in [0.4, 0.5) is 4.79 Å². The summed E-state index contributed by atoms with van der Waals surface area (Å²) >= 11 is 13.5. The van der Waals surface area contributed by atoms with Gasteiger partial charge in [-0.05, 0) is 90.4 Å². The Morgan fingerprint density at radius 2 is 1.46 bits per heavy atom. The van der Waals surface area contributed by atoms with Gasteiger partial charge in [-0.1, -0.05) is 65.7 Å². The average Bonchev–Trinajstić information content (AvgIpc) is 3.42. The lowest BCUT2D eigenvalue weighted by Crippen LogP contribution is -2.45. The lowest BCUT2D eigenvalue weighted by molar-refractivity contribution is 0.0561. The minimum absolute atomic E-state index is 0.00234. The van der Waals surface area contributed by atoms with Crippen LogP contribution < -0.4 is 10.6 Å². The Balaban J connectivity index is 1.66. The molecule has 4 aromatic rings. The summed E-state index contributed by atoms with van der Waals surface area (Å²) in [5.41, 5.74) is 4.14. The highest BCUT2D eigenvalue weighted by atomic mass is 35.5. The average molecular weight is 581 g/mol. The maximum absolute atomic E-state index is 12.7. The summed E-state index contributed by atoms with van der Waals surface area (Å²) in [5, 5.41) is 8.35. The molecule has 9 heteroatoms. The van der Waals surface area contributed by atoms with Crippen molar-refractivity contribution in [1.29, 1.82) is 0 Å². The Labute approximate surface area is 241 Å². The first kappa shape index (κ1) is 28.4. The van der Waals surface area contributed by atoms with E-state index in [4.69, 9.17) is 27.9 Å². The van der Waals surface area contributed by atoms with E-state index in [1.54, 1.807) is 38.3 Å². The first-order valence-corrected chi connectivity index (χ1v) is 13.7. The third-order valence-electron chi connectivity index (χ3n) is 5.41. The van der Waals surface area contributed by atoms with Gasteiger partial charge in [0.25, 0.3) is 5.91 Å². The molecule has 0 atom stereocenters. The summed E-state index contributed by atoms with van der Waals surface area (Å²) in [6.07, 6.45) is -0.715. The Hall–Kier alpha value is -3.65. The molecule has 0 bridgehead atoms. The normalized spacial score (nSPS) is 11.7. The molecule has 3 aromatic carbocycles. The standard InChI is InChI=1S/C30H27Cl2N3O3S/c1-30(2,3)38-29(37)35-28(34-27(36)26-5-4-16-39-26)33-18-19-6-15-24(20-7-11-22(31)12-8-20)25(17-19)21-9-13-23(32)14-10-21/h4-17H,18H2,1-3H3,(H2,33,34,35,36,37). The number of ether oxygens (including phenoxy) is 1. The fraction of sp³-hybridized carbons (Fsp3) is 0.167. The van der Waals surface area contributed by atoms with Crippen molar-refractivity contribution in [2.24, 2.45) is 4.99 Å². The summed E-state index contributed by atoms with van der Waals surface area (Å²) in [5.74, 6) is -0.378. The van der Waals surface area contributed by atoms with Crippen LogP contribution >= 0.6 is 34.5 Å². The smallest absolute Gasteiger partial charge is 0.414 e. The Morgan fingerprint density at radius 3 is 2.03 bits per heavy atom. The van der Waals surface area contributed by atoms with Crippen molar-refractivity contribution in [3.63, 3.8) is 0 Å². The molecule has 0 saturated heterocycles. The van der Waals surface area contributed by atoms with E-state index in [9.17, 15) is 9.59 Å². The predicted molar refractivity (Wildman–Crippen MR) is 160 cm³/mol. The van der Waals surface area contributed by atoms with Gasteiger partial charge in [-0.2, -0.15) is 0 Å². The number of aliphatic imine (C=N–C) groups is 1. The van der Waals surface area contributed by atoms with Crippen LogP contribution in [0, 0.1) is 0 Å². The first-order valence-electron chi connectivity index (χ1n) is 12.1. The van der Waals surface area contributed by atoms with Crippen LogP contribution in [-0.2, 0) is 11.3 Å². The maximum Gasteiger partial charge on any atom is 0.414 e. The zero-order valence-electron chi connectivity index (χ0n) is 21.6. The number of halogens is 2. The molecule has 0 aliphatic rings. The molecule has 1 aromatic heterocycles. The van der Waals surface area contributed by atoms with Gasteiger partial charge < -0.3 is 4.74 Å². The van der Waals surface area contributed by atoms with Crippen LogP contribution in [0.3, 0.4) is 0 Å². The van der Waals surface area contributed by atoms with Gasteiger partial charge in [-0.15, -0.1) is 11.3 Å². The van der Waals surface area contributed by atoms with E-state index in [0.29, 0.717) is 14.9 Å². The van der Waals surface area contributed by atoms with Crippen LogP contribution in [-0.4, -0.2) is 23.6 Å². The molecule has 6 nitrogen and oxygen atoms in total. The first-order chi connectivity index (χ1) is 18.6. The predicted octanol–water partition coefficient (Wildman–Crippen LogP) is 8.20. The molecule has 0 spiro atoms. The van der Waals surface area contributed by atoms with Gasteiger partial charge in [0.1, 0.15) is 5.60 Å². The Bertz CT molecular complexity index is 1480. The monoisotopic (exact) mass is 579 g/mol. The number of alkyl carbamates (subject to hydrolysis) is 1. The fourth-order valence-electron chi connectivity index (χ4n) is 3.70. The van der Waals surface area contributed by atoms with Crippen LogP contribution in [0.2, 0.25) is 10.0 Å². The highest BCUT2D eigenvalue weighted by molar-refractivity contribution is 7.12. The molecule has 0 radical (unpaired) electrons. The van der Waals surface area contributed by atoms with Gasteiger partial charge in [-0.25, -0.2) is 9.79 Å². The number of thiophene rings is 1. The Morgan fingerprint density at radius 1 is 0.846 bits per heavy atom. The van der Waals surface area contributed by atoms with E-state index in [1.165, 1.54) is 11.3 Å². The molecule has 39 heavy (non-hydrogen) atoms. The van der Waals surface area contributed by atoms with Gasteiger partial charge in [0, 0.05) is 10.0 Å². The van der Waals surface area contributed by atoms with Crippen LogP contribution in [0.25, 0.3) is 22.3 Å². The molecule has 1 heterocycles. The molecule has 2 amide bonds. The third kappa shape index (κ3) is 8.17. The van der Waals surface area contributed by atoms with Gasteiger partial charge >= 0.3 is 6.09 Å². The van der Waals surface area contributed by atoms with Crippen LogP contribution in [0.5, 0.6) is 0 Å². The third-order valence-corrected chi connectivity index (χ3v) is 6.78. The summed E-state index contributed by atoms with van der Waals surface area (Å²) in [6, 6.07) is 24.7. The second-order valence-electron chi connectivity index (χ2n) is 9.62. The van der Waals surface area contributed by atoms with Gasteiger partial charge in [0.05, 0.1) is 11.4 Å². The SMILES string of the molecule is CC(C)(C)OC(=O)NC(=NCc1ccc(-c2ccc(Cl)cc2)c(-c2ccc(Cl)cc2)c1)NC(=O)c1cccs1. The van der Waals surface area contributed by atoms with Gasteiger partial charge in [-0.3, -0.25) is 15.4 Å². The maximum atomic E-state index is 12.7.